The molecule has 0 heterocycles. The van der Waals surface area contributed by atoms with E-state index in [1.807, 2.05) is 0 Å². The van der Waals surface area contributed by atoms with Gasteiger partial charge in [-0.3, -0.25) is 0 Å². The highest BCUT2D eigenvalue weighted by atomic mass is 15.1. The van der Waals surface area contributed by atoms with Gasteiger partial charge in [-0.05, 0) is 115 Å². The Hall–Kier alpha value is -6.70. The molecule has 0 aliphatic heterocycles. The Bertz CT molecular complexity index is 2590. The lowest BCUT2D eigenvalue weighted by atomic mass is 9.91. The molecule has 1 heteroatoms. The average molecular weight is 650 g/mol. The van der Waals surface area contributed by atoms with Gasteiger partial charge >= 0.3 is 0 Å². The highest BCUT2D eigenvalue weighted by Gasteiger charge is 2.15. The molecule has 9 aromatic rings. The van der Waals surface area contributed by atoms with Gasteiger partial charge in [0, 0.05) is 17.1 Å². The van der Waals surface area contributed by atoms with Crippen molar-refractivity contribution in [3.8, 4) is 44.5 Å². The smallest absolute Gasteiger partial charge is 0.0462 e. The van der Waals surface area contributed by atoms with Crippen LogP contribution in [0.1, 0.15) is 0 Å². The fraction of sp³-hybridized carbons (Fsp3) is 0. The molecule has 1 nitrogen and oxygen atoms in total. The number of para-hydroxylation sites is 1. The minimum Gasteiger partial charge on any atom is -0.311 e. The Morgan fingerprint density at radius 2 is 0.686 bits per heavy atom. The zero-order chi connectivity index (χ0) is 34.0. The molecule has 0 aromatic heterocycles. The van der Waals surface area contributed by atoms with Gasteiger partial charge in [0.05, 0.1) is 0 Å². The zero-order valence-corrected chi connectivity index (χ0v) is 28.2. The molecule has 51 heavy (non-hydrogen) atoms. The van der Waals surface area contributed by atoms with Crippen LogP contribution in [0.5, 0.6) is 0 Å². The van der Waals surface area contributed by atoms with Crippen LogP contribution >= 0.6 is 0 Å². The van der Waals surface area contributed by atoms with Crippen molar-refractivity contribution >= 4 is 38.6 Å². The topological polar surface area (TPSA) is 3.24 Å². The van der Waals surface area contributed by atoms with Gasteiger partial charge in [-0.1, -0.05) is 164 Å². The van der Waals surface area contributed by atoms with Crippen LogP contribution in [0, 0.1) is 0 Å². The lowest BCUT2D eigenvalue weighted by Crippen LogP contribution is -2.09. The van der Waals surface area contributed by atoms with Crippen LogP contribution in [-0.2, 0) is 0 Å². The number of fused-ring (bicyclic) bond motifs is 3. The molecule has 0 amide bonds. The van der Waals surface area contributed by atoms with Crippen molar-refractivity contribution in [3.05, 3.63) is 212 Å². The van der Waals surface area contributed by atoms with E-state index < -0.39 is 0 Å². The van der Waals surface area contributed by atoms with Crippen molar-refractivity contribution in [1.29, 1.82) is 0 Å². The molecule has 0 spiro atoms. The quantitative estimate of drug-likeness (QED) is 0.155. The first-order valence-electron chi connectivity index (χ1n) is 17.5. The number of benzene rings is 9. The summed E-state index contributed by atoms with van der Waals surface area (Å²) in [7, 11) is 0. The molecule has 0 saturated carbocycles. The predicted octanol–water partition coefficient (Wildman–Crippen LogP) is 14.1. The van der Waals surface area contributed by atoms with Crippen molar-refractivity contribution in [3.63, 3.8) is 0 Å². The number of anilines is 3. The van der Waals surface area contributed by atoms with Crippen molar-refractivity contribution in [2.45, 2.75) is 0 Å². The minimum absolute atomic E-state index is 1.11. The van der Waals surface area contributed by atoms with E-state index in [2.05, 4.69) is 217 Å². The largest absolute Gasteiger partial charge is 0.311 e. The SMILES string of the molecule is c1ccc(-c2ccc(-c3ccc(N(c4ccccc4)c4ccc(-c5cc6ccccc6c6ccccc56)cc4)cc3)cc2-c2ccccc2)cc1. The Labute approximate surface area is 299 Å². The second-order valence-electron chi connectivity index (χ2n) is 12.9. The van der Waals surface area contributed by atoms with Crippen LogP contribution in [-0.4, -0.2) is 0 Å². The Kier molecular flexibility index (Phi) is 7.92. The van der Waals surface area contributed by atoms with Gasteiger partial charge in [0.2, 0.25) is 0 Å². The van der Waals surface area contributed by atoms with Gasteiger partial charge in [-0.15, -0.1) is 0 Å². The van der Waals surface area contributed by atoms with Gasteiger partial charge in [0.25, 0.3) is 0 Å². The fourth-order valence-corrected chi connectivity index (χ4v) is 7.36. The normalized spacial score (nSPS) is 11.1. The van der Waals surface area contributed by atoms with Crippen LogP contribution in [0.25, 0.3) is 66.1 Å². The second kappa shape index (κ2) is 13.3. The molecular weight excluding hydrogens is 615 g/mol. The van der Waals surface area contributed by atoms with E-state index in [1.165, 1.54) is 66.1 Å². The maximum absolute atomic E-state index is 2.33. The fourth-order valence-electron chi connectivity index (χ4n) is 7.36. The summed E-state index contributed by atoms with van der Waals surface area (Å²) >= 11 is 0. The van der Waals surface area contributed by atoms with Crippen LogP contribution in [0.4, 0.5) is 17.1 Å². The maximum Gasteiger partial charge on any atom is 0.0462 e. The van der Waals surface area contributed by atoms with E-state index in [1.54, 1.807) is 0 Å². The summed E-state index contributed by atoms with van der Waals surface area (Å²) in [6.07, 6.45) is 0. The van der Waals surface area contributed by atoms with Gasteiger partial charge < -0.3 is 4.90 Å². The highest BCUT2D eigenvalue weighted by Crippen LogP contribution is 2.40. The van der Waals surface area contributed by atoms with Crippen LogP contribution in [0.3, 0.4) is 0 Å². The summed E-state index contributed by atoms with van der Waals surface area (Å²) in [5.41, 5.74) is 13.1. The van der Waals surface area contributed by atoms with E-state index in [9.17, 15) is 0 Å². The van der Waals surface area contributed by atoms with Crippen molar-refractivity contribution in [2.75, 3.05) is 4.90 Å². The van der Waals surface area contributed by atoms with Crippen LogP contribution in [0.15, 0.2) is 212 Å². The Morgan fingerprint density at radius 1 is 0.235 bits per heavy atom. The van der Waals surface area contributed by atoms with Crippen molar-refractivity contribution < 1.29 is 0 Å². The minimum atomic E-state index is 1.11. The van der Waals surface area contributed by atoms with Crippen LogP contribution < -0.4 is 4.90 Å². The third-order valence-corrected chi connectivity index (χ3v) is 9.87. The van der Waals surface area contributed by atoms with Gasteiger partial charge in [0.15, 0.2) is 0 Å². The predicted molar refractivity (Wildman–Crippen MR) is 218 cm³/mol. The van der Waals surface area contributed by atoms with E-state index >= 15 is 0 Å². The molecule has 0 atom stereocenters. The van der Waals surface area contributed by atoms with E-state index in [4.69, 9.17) is 0 Å². The standard InChI is InChI=1S/C50H35N/c1-4-14-37(15-5-1)46-33-28-40(34-49(46)38-16-6-2-7-17-38)36-24-29-43(30-25-36)51(42-19-8-3-9-20-42)44-31-26-39(27-32-44)50-35-41-18-10-11-21-45(41)47-22-12-13-23-48(47)50/h1-35H. The van der Waals surface area contributed by atoms with Crippen molar-refractivity contribution in [2.24, 2.45) is 0 Å². The highest BCUT2D eigenvalue weighted by molar-refractivity contribution is 6.13. The summed E-state index contributed by atoms with van der Waals surface area (Å²) in [5, 5.41) is 5.10. The first-order chi connectivity index (χ1) is 25.3. The molecule has 0 saturated heterocycles. The molecule has 9 rings (SSSR count). The molecule has 0 unspecified atom stereocenters. The number of hydrogen-bond acceptors (Lipinski definition) is 1. The molecule has 0 fully saturated rings. The second-order valence-corrected chi connectivity index (χ2v) is 12.9. The summed E-state index contributed by atoms with van der Waals surface area (Å²) in [5.74, 6) is 0. The monoisotopic (exact) mass is 649 g/mol. The first kappa shape index (κ1) is 30.4. The molecule has 0 bridgehead atoms. The Morgan fingerprint density at radius 3 is 1.33 bits per heavy atom. The molecule has 240 valence electrons. The third kappa shape index (κ3) is 5.86. The van der Waals surface area contributed by atoms with Gasteiger partial charge in [-0.2, -0.15) is 0 Å². The van der Waals surface area contributed by atoms with Crippen LogP contribution in [0.2, 0.25) is 0 Å². The molecular formula is C50H35N. The van der Waals surface area contributed by atoms with E-state index in [0.29, 0.717) is 0 Å². The molecule has 0 radical (unpaired) electrons. The lowest BCUT2D eigenvalue weighted by molar-refractivity contribution is 1.28. The van der Waals surface area contributed by atoms with E-state index in [-0.39, 0.29) is 0 Å². The molecule has 9 aromatic carbocycles. The molecule has 0 N–H and O–H groups in total. The summed E-state index contributed by atoms with van der Waals surface area (Å²) in [6, 6.07) is 76.5. The summed E-state index contributed by atoms with van der Waals surface area (Å²) in [6.45, 7) is 0. The average Bonchev–Trinajstić information content (AvgIpc) is 3.22. The lowest BCUT2D eigenvalue weighted by Gasteiger charge is -2.26. The number of nitrogens with zero attached hydrogens (tertiary/aromatic N) is 1. The van der Waals surface area contributed by atoms with Gasteiger partial charge in [0.1, 0.15) is 0 Å². The zero-order valence-electron chi connectivity index (χ0n) is 28.2. The number of rotatable bonds is 7. The third-order valence-electron chi connectivity index (χ3n) is 9.87. The molecule has 0 aliphatic carbocycles. The van der Waals surface area contributed by atoms with E-state index in [0.717, 1.165) is 17.1 Å². The molecule has 0 aliphatic rings. The number of hydrogen-bond donors (Lipinski definition) is 0. The summed E-state index contributed by atoms with van der Waals surface area (Å²) in [4.78, 5) is 2.33. The maximum atomic E-state index is 2.33. The first-order valence-corrected chi connectivity index (χ1v) is 17.5. The summed E-state index contributed by atoms with van der Waals surface area (Å²) < 4.78 is 0. The van der Waals surface area contributed by atoms with Crippen molar-refractivity contribution in [1.82, 2.24) is 0 Å². The van der Waals surface area contributed by atoms with Gasteiger partial charge in [-0.25, -0.2) is 0 Å². The Balaban J connectivity index is 1.09.